The second-order valence-corrected chi connectivity index (χ2v) is 5.36. The Bertz CT molecular complexity index is 395. The minimum Gasteiger partial charge on any atom is -0.381 e. The molecule has 1 aromatic rings. The maximum Gasteiger partial charge on any atom is 0.238 e. The highest BCUT2D eigenvalue weighted by Gasteiger charge is 2.28. The highest BCUT2D eigenvalue weighted by atomic mass is 32.2. The number of rotatable bonds is 3. The van der Waals surface area contributed by atoms with Crippen molar-refractivity contribution in [1.29, 1.82) is 0 Å². The molecule has 0 atom stereocenters. The lowest BCUT2D eigenvalue weighted by Crippen LogP contribution is -2.33. The van der Waals surface area contributed by atoms with E-state index in [1.54, 1.807) is 6.20 Å². The molecule has 0 spiro atoms. The van der Waals surface area contributed by atoms with Gasteiger partial charge in [-0.05, 0) is 12.8 Å². The van der Waals surface area contributed by atoms with Crippen LogP contribution in [-0.2, 0) is 14.8 Å². The van der Waals surface area contributed by atoms with Crippen molar-refractivity contribution in [3.63, 3.8) is 0 Å². The lowest BCUT2D eigenvalue weighted by atomic mass is 10.2. The molecule has 0 bridgehead atoms. The molecule has 0 saturated carbocycles. The van der Waals surface area contributed by atoms with Crippen LogP contribution in [0.3, 0.4) is 0 Å². The van der Waals surface area contributed by atoms with Crippen molar-refractivity contribution in [3.05, 3.63) is 12.4 Å². The van der Waals surface area contributed by atoms with Gasteiger partial charge in [-0.15, -0.1) is 0 Å². The summed E-state index contributed by atoms with van der Waals surface area (Å²) in [5.74, 6) is 0.265. The Morgan fingerprint density at radius 3 is 2.80 bits per heavy atom. The van der Waals surface area contributed by atoms with Gasteiger partial charge < -0.3 is 9.72 Å². The summed E-state index contributed by atoms with van der Waals surface area (Å²) >= 11 is 0. The van der Waals surface area contributed by atoms with Gasteiger partial charge >= 0.3 is 0 Å². The number of nitrogens with one attached hydrogen (secondary N) is 2. The molecule has 2 rings (SSSR count). The molecule has 1 aliphatic rings. The molecule has 1 aliphatic heterocycles. The van der Waals surface area contributed by atoms with Crippen molar-refractivity contribution < 1.29 is 13.2 Å². The van der Waals surface area contributed by atoms with E-state index in [-0.39, 0.29) is 11.2 Å². The largest absolute Gasteiger partial charge is 0.381 e. The summed E-state index contributed by atoms with van der Waals surface area (Å²) in [5, 5.41) is -0.378. The average molecular weight is 231 g/mol. The van der Waals surface area contributed by atoms with Gasteiger partial charge in [0.15, 0.2) is 0 Å². The number of sulfonamides is 1. The van der Waals surface area contributed by atoms with Crippen LogP contribution in [0.1, 0.15) is 12.8 Å². The lowest BCUT2D eigenvalue weighted by molar-refractivity contribution is 0.0984. The average Bonchev–Trinajstić information content (AvgIpc) is 2.71. The number of aromatic nitrogens is 2. The van der Waals surface area contributed by atoms with E-state index < -0.39 is 10.0 Å². The molecule has 0 aromatic carbocycles. The van der Waals surface area contributed by atoms with Crippen molar-refractivity contribution in [2.45, 2.75) is 18.1 Å². The summed E-state index contributed by atoms with van der Waals surface area (Å²) in [6.07, 6.45) is 4.15. The molecule has 0 aliphatic carbocycles. The molecule has 6 nitrogen and oxygen atoms in total. The number of hydrogen-bond acceptors (Lipinski definition) is 4. The van der Waals surface area contributed by atoms with Gasteiger partial charge in [-0.1, -0.05) is 0 Å². The van der Waals surface area contributed by atoms with Crippen molar-refractivity contribution >= 4 is 16.0 Å². The third kappa shape index (κ3) is 2.48. The highest BCUT2D eigenvalue weighted by molar-refractivity contribution is 7.93. The van der Waals surface area contributed by atoms with Crippen LogP contribution in [0.2, 0.25) is 0 Å². The minimum absolute atomic E-state index is 0.265. The van der Waals surface area contributed by atoms with Crippen molar-refractivity contribution in [2.24, 2.45) is 0 Å². The van der Waals surface area contributed by atoms with E-state index in [0.29, 0.717) is 26.1 Å². The maximum absolute atomic E-state index is 11.8. The summed E-state index contributed by atoms with van der Waals surface area (Å²) in [5.41, 5.74) is 0. The Labute approximate surface area is 88.1 Å². The van der Waals surface area contributed by atoms with Crippen LogP contribution in [0.4, 0.5) is 5.95 Å². The third-order valence-corrected chi connectivity index (χ3v) is 4.17. The van der Waals surface area contributed by atoms with Gasteiger partial charge in [0.2, 0.25) is 16.0 Å². The Morgan fingerprint density at radius 2 is 2.20 bits per heavy atom. The van der Waals surface area contributed by atoms with Crippen molar-refractivity contribution in [2.75, 3.05) is 17.9 Å². The van der Waals surface area contributed by atoms with Crippen molar-refractivity contribution in [1.82, 2.24) is 9.97 Å². The van der Waals surface area contributed by atoms with Crippen LogP contribution in [0.25, 0.3) is 0 Å². The fourth-order valence-corrected chi connectivity index (χ4v) is 2.89. The first-order chi connectivity index (χ1) is 7.18. The molecule has 1 aromatic heterocycles. The standard InChI is InChI=1S/C8H13N3O3S/c12-15(13,7-1-5-14-6-2-7)11-8-9-3-4-10-8/h3-4,7H,1-2,5-6H2,(H2,9,10,11). The molecular weight excluding hydrogens is 218 g/mol. The van der Waals surface area contributed by atoms with Crippen LogP contribution in [0.5, 0.6) is 0 Å². The molecule has 0 radical (unpaired) electrons. The highest BCUT2D eigenvalue weighted by Crippen LogP contribution is 2.17. The minimum atomic E-state index is -3.33. The first kappa shape index (κ1) is 10.4. The zero-order valence-corrected chi connectivity index (χ0v) is 8.96. The smallest absolute Gasteiger partial charge is 0.238 e. The predicted octanol–water partition coefficient (Wildman–Crippen LogP) is 0.330. The number of anilines is 1. The number of hydrogen-bond donors (Lipinski definition) is 2. The van der Waals surface area contributed by atoms with E-state index >= 15 is 0 Å². The number of imidazole rings is 1. The monoisotopic (exact) mass is 231 g/mol. The molecule has 1 saturated heterocycles. The Morgan fingerprint density at radius 1 is 1.47 bits per heavy atom. The molecule has 2 N–H and O–H groups in total. The van der Waals surface area contributed by atoms with Crippen LogP contribution in [0, 0.1) is 0 Å². The van der Waals surface area contributed by atoms with Crippen LogP contribution >= 0.6 is 0 Å². The molecule has 0 amide bonds. The van der Waals surface area contributed by atoms with Crippen LogP contribution in [0.15, 0.2) is 12.4 Å². The Kier molecular flexibility index (Phi) is 2.92. The lowest BCUT2D eigenvalue weighted by Gasteiger charge is -2.21. The van der Waals surface area contributed by atoms with Gasteiger partial charge in [-0.3, -0.25) is 4.72 Å². The van der Waals surface area contributed by atoms with E-state index in [2.05, 4.69) is 14.7 Å². The second-order valence-electron chi connectivity index (χ2n) is 3.40. The summed E-state index contributed by atoms with van der Waals surface area (Å²) in [6, 6.07) is 0. The molecule has 0 unspecified atom stereocenters. The predicted molar refractivity (Wildman–Crippen MR) is 55.0 cm³/mol. The summed E-state index contributed by atoms with van der Waals surface area (Å²) in [4.78, 5) is 6.52. The molecule has 2 heterocycles. The summed E-state index contributed by atoms with van der Waals surface area (Å²) in [7, 11) is -3.33. The van der Waals surface area contributed by atoms with Gasteiger partial charge in [-0.2, -0.15) is 0 Å². The summed E-state index contributed by atoms with van der Waals surface area (Å²) in [6.45, 7) is 1.01. The fraction of sp³-hybridized carbons (Fsp3) is 0.625. The van der Waals surface area contributed by atoms with Crippen LogP contribution < -0.4 is 4.72 Å². The number of ether oxygens (including phenoxy) is 1. The maximum atomic E-state index is 11.8. The van der Waals surface area contributed by atoms with Gasteiger partial charge in [0.1, 0.15) is 0 Å². The Hall–Kier alpha value is -1.08. The third-order valence-electron chi connectivity index (χ3n) is 2.34. The van der Waals surface area contributed by atoms with Gasteiger partial charge in [-0.25, -0.2) is 13.4 Å². The van der Waals surface area contributed by atoms with E-state index in [1.165, 1.54) is 6.20 Å². The normalized spacial score (nSPS) is 18.9. The number of nitrogens with zero attached hydrogens (tertiary/aromatic N) is 1. The topological polar surface area (TPSA) is 84.1 Å². The first-order valence-corrected chi connectivity index (χ1v) is 6.32. The number of H-pyrrole nitrogens is 1. The molecule has 84 valence electrons. The Balaban J connectivity index is 2.05. The van der Waals surface area contributed by atoms with Crippen molar-refractivity contribution in [3.8, 4) is 0 Å². The fourth-order valence-electron chi connectivity index (χ4n) is 1.53. The van der Waals surface area contributed by atoms with E-state index in [4.69, 9.17) is 4.74 Å². The molecule has 15 heavy (non-hydrogen) atoms. The molecule has 7 heteroatoms. The quantitative estimate of drug-likeness (QED) is 0.785. The van der Waals surface area contributed by atoms with E-state index in [9.17, 15) is 8.42 Å². The summed E-state index contributed by atoms with van der Waals surface area (Å²) < 4.78 is 31.2. The number of aromatic amines is 1. The van der Waals surface area contributed by atoms with E-state index in [0.717, 1.165) is 0 Å². The second kappa shape index (κ2) is 4.19. The molecular formula is C8H13N3O3S. The first-order valence-electron chi connectivity index (χ1n) is 4.77. The van der Waals surface area contributed by atoms with Crippen LogP contribution in [-0.4, -0.2) is 36.8 Å². The van der Waals surface area contributed by atoms with E-state index in [1.807, 2.05) is 0 Å². The van der Waals surface area contributed by atoms with Gasteiger partial charge in [0.25, 0.3) is 0 Å². The zero-order valence-electron chi connectivity index (χ0n) is 8.14. The van der Waals surface area contributed by atoms with Gasteiger partial charge in [0, 0.05) is 25.6 Å². The molecule has 1 fully saturated rings. The SMILES string of the molecule is O=S(=O)(Nc1ncc[nH]1)C1CCOCC1. The van der Waals surface area contributed by atoms with Gasteiger partial charge in [0.05, 0.1) is 5.25 Å². The zero-order chi connectivity index (χ0) is 10.7.